The van der Waals surface area contributed by atoms with Gasteiger partial charge in [0, 0.05) is 0 Å². The summed E-state index contributed by atoms with van der Waals surface area (Å²) in [7, 11) is 0. The zero-order chi connectivity index (χ0) is 14.9. The van der Waals surface area contributed by atoms with Gasteiger partial charge in [-0.05, 0) is 17.7 Å². The van der Waals surface area contributed by atoms with Crippen LogP contribution in [0.15, 0.2) is 54.8 Å². The van der Waals surface area contributed by atoms with Crippen molar-refractivity contribution >= 4 is 11.7 Å². The standard InChI is InChI=1S/C14H11F3N2O/c1-3-10(16)13(8(2)15)19-7-9-5-4-6-11(17)12(9)18-14(19)20/h3-6H,1-2,7H2,(H,18,20)/b13-10-. The molecule has 6 heteroatoms. The number of nitrogens with zero attached hydrogens (tertiary/aromatic N) is 1. The molecule has 1 N–H and O–H groups in total. The number of carbonyl (C=O) groups is 1. The molecule has 0 spiro atoms. The van der Waals surface area contributed by atoms with E-state index in [1.807, 2.05) is 0 Å². The zero-order valence-corrected chi connectivity index (χ0v) is 10.4. The fourth-order valence-electron chi connectivity index (χ4n) is 1.94. The fraction of sp³-hybridized carbons (Fsp3) is 0.0714. The third kappa shape index (κ3) is 2.32. The number of para-hydroxylation sites is 1. The molecule has 0 saturated heterocycles. The molecular formula is C14H11F3N2O. The Bertz CT molecular complexity index is 637. The molecule has 2 rings (SSSR count). The monoisotopic (exact) mass is 280 g/mol. The minimum absolute atomic E-state index is 0.0107. The smallest absolute Gasteiger partial charge is 0.304 e. The molecule has 3 nitrogen and oxygen atoms in total. The highest BCUT2D eigenvalue weighted by Gasteiger charge is 2.30. The van der Waals surface area contributed by atoms with Gasteiger partial charge < -0.3 is 5.32 Å². The molecule has 0 atom stereocenters. The molecule has 1 aromatic carbocycles. The minimum Gasteiger partial charge on any atom is -0.304 e. The molecule has 1 aliphatic heterocycles. The first-order valence-corrected chi connectivity index (χ1v) is 5.68. The highest BCUT2D eigenvalue weighted by Crippen LogP contribution is 2.31. The number of benzene rings is 1. The summed E-state index contributed by atoms with van der Waals surface area (Å²) in [6, 6.07) is 3.34. The van der Waals surface area contributed by atoms with Gasteiger partial charge in [-0.15, -0.1) is 0 Å². The van der Waals surface area contributed by atoms with Crippen molar-refractivity contribution in [3.63, 3.8) is 0 Å². The molecule has 2 amide bonds. The van der Waals surface area contributed by atoms with Crippen LogP contribution in [0, 0.1) is 5.82 Å². The number of anilines is 1. The summed E-state index contributed by atoms with van der Waals surface area (Å²) in [5.74, 6) is -2.74. The number of hydrogen-bond acceptors (Lipinski definition) is 1. The van der Waals surface area contributed by atoms with Crippen molar-refractivity contribution in [2.24, 2.45) is 0 Å². The van der Waals surface area contributed by atoms with E-state index in [-0.39, 0.29) is 12.2 Å². The Balaban J connectivity index is 2.48. The van der Waals surface area contributed by atoms with Crippen molar-refractivity contribution in [2.45, 2.75) is 6.54 Å². The Kier molecular flexibility index (Phi) is 3.65. The molecule has 0 aliphatic carbocycles. The lowest BCUT2D eigenvalue weighted by Gasteiger charge is -2.30. The molecule has 0 aromatic heterocycles. The van der Waals surface area contributed by atoms with E-state index in [9.17, 15) is 18.0 Å². The molecule has 0 saturated carbocycles. The maximum Gasteiger partial charge on any atom is 0.326 e. The van der Waals surface area contributed by atoms with Crippen molar-refractivity contribution in [1.82, 2.24) is 4.90 Å². The van der Waals surface area contributed by atoms with E-state index in [1.165, 1.54) is 12.1 Å². The third-order valence-electron chi connectivity index (χ3n) is 2.84. The van der Waals surface area contributed by atoms with Gasteiger partial charge in [0.1, 0.15) is 23.2 Å². The van der Waals surface area contributed by atoms with E-state index in [0.29, 0.717) is 5.56 Å². The first-order valence-electron chi connectivity index (χ1n) is 5.68. The average molecular weight is 280 g/mol. The van der Waals surface area contributed by atoms with Crippen molar-refractivity contribution in [3.05, 3.63) is 66.2 Å². The van der Waals surface area contributed by atoms with E-state index in [1.54, 1.807) is 6.07 Å². The van der Waals surface area contributed by atoms with Gasteiger partial charge in [-0.1, -0.05) is 25.3 Å². The second-order valence-electron chi connectivity index (χ2n) is 4.10. The van der Waals surface area contributed by atoms with Crippen LogP contribution in [0.5, 0.6) is 0 Å². The Hall–Kier alpha value is -2.50. The number of rotatable bonds is 3. The predicted molar refractivity (Wildman–Crippen MR) is 69.5 cm³/mol. The first-order chi connectivity index (χ1) is 9.45. The van der Waals surface area contributed by atoms with Gasteiger partial charge in [0.15, 0.2) is 0 Å². The number of hydrogen-bond donors (Lipinski definition) is 1. The molecule has 1 aromatic rings. The van der Waals surface area contributed by atoms with E-state index in [2.05, 4.69) is 18.5 Å². The molecule has 1 aliphatic rings. The number of halogens is 3. The van der Waals surface area contributed by atoms with Crippen LogP contribution >= 0.6 is 0 Å². The van der Waals surface area contributed by atoms with E-state index in [0.717, 1.165) is 11.0 Å². The molecule has 0 fully saturated rings. The number of amides is 2. The second-order valence-corrected chi connectivity index (χ2v) is 4.10. The van der Waals surface area contributed by atoms with Crippen molar-refractivity contribution in [1.29, 1.82) is 0 Å². The SMILES string of the molecule is C=C/C(F)=C(\C(=C)F)N1Cc2cccc(F)c2NC1=O. The largest absolute Gasteiger partial charge is 0.326 e. The van der Waals surface area contributed by atoms with Crippen molar-refractivity contribution in [3.8, 4) is 0 Å². The van der Waals surface area contributed by atoms with Crippen LogP contribution in [0.2, 0.25) is 0 Å². The summed E-state index contributed by atoms with van der Waals surface area (Å²) in [5.41, 5.74) is -0.204. The van der Waals surface area contributed by atoms with Gasteiger partial charge in [0.05, 0.1) is 12.2 Å². The molecular weight excluding hydrogens is 269 g/mol. The summed E-state index contributed by atoms with van der Waals surface area (Å²) in [4.78, 5) is 12.7. The number of allylic oxidation sites excluding steroid dienone is 3. The van der Waals surface area contributed by atoms with E-state index < -0.39 is 29.2 Å². The number of fused-ring (bicyclic) bond motifs is 1. The van der Waals surface area contributed by atoms with Crippen molar-refractivity contribution in [2.75, 3.05) is 5.32 Å². The van der Waals surface area contributed by atoms with Gasteiger partial charge >= 0.3 is 6.03 Å². The maximum atomic E-state index is 13.6. The second kappa shape index (κ2) is 5.24. The summed E-state index contributed by atoms with van der Waals surface area (Å²) >= 11 is 0. The molecule has 0 bridgehead atoms. The van der Waals surface area contributed by atoms with Crippen LogP contribution in [0.3, 0.4) is 0 Å². The fourth-order valence-corrected chi connectivity index (χ4v) is 1.94. The quantitative estimate of drug-likeness (QED) is 0.833. The van der Waals surface area contributed by atoms with Gasteiger partial charge in [0.25, 0.3) is 0 Å². The molecule has 1 heterocycles. The van der Waals surface area contributed by atoms with E-state index >= 15 is 0 Å². The predicted octanol–water partition coefficient (Wildman–Crippen LogP) is 4.02. The van der Waals surface area contributed by atoms with Crippen LogP contribution in [-0.4, -0.2) is 10.9 Å². The molecule has 0 radical (unpaired) electrons. The van der Waals surface area contributed by atoms with Gasteiger partial charge in [-0.3, -0.25) is 4.90 Å². The summed E-state index contributed by atoms with van der Waals surface area (Å²) < 4.78 is 40.5. The Morgan fingerprint density at radius 3 is 2.70 bits per heavy atom. The van der Waals surface area contributed by atoms with Crippen LogP contribution in [-0.2, 0) is 6.54 Å². The first kappa shape index (κ1) is 13.9. The molecule has 0 unspecified atom stereocenters. The summed E-state index contributed by atoms with van der Waals surface area (Å²) in [6.07, 6.45) is 0.772. The van der Waals surface area contributed by atoms with Gasteiger partial charge in [-0.25, -0.2) is 18.0 Å². The highest BCUT2D eigenvalue weighted by atomic mass is 19.1. The lowest BCUT2D eigenvalue weighted by molar-refractivity contribution is 0.218. The van der Waals surface area contributed by atoms with Crippen LogP contribution < -0.4 is 5.32 Å². The Morgan fingerprint density at radius 2 is 2.10 bits per heavy atom. The van der Waals surface area contributed by atoms with Gasteiger partial charge in [0.2, 0.25) is 0 Å². The highest BCUT2D eigenvalue weighted by molar-refractivity contribution is 5.94. The lowest BCUT2D eigenvalue weighted by Crippen LogP contribution is -2.39. The molecule has 104 valence electrons. The van der Waals surface area contributed by atoms with E-state index in [4.69, 9.17) is 0 Å². The molecule has 20 heavy (non-hydrogen) atoms. The Morgan fingerprint density at radius 1 is 1.40 bits per heavy atom. The van der Waals surface area contributed by atoms with Crippen LogP contribution in [0.4, 0.5) is 23.7 Å². The lowest BCUT2D eigenvalue weighted by atomic mass is 10.1. The number of nitrogens with one attached hydrogen (secondary N) is 1. The number of urea groups is 1. The van der Waals surface area contributed by atoms with Crippen LogP contribution in [0.1, 0.15) is 5.56 Å². The maximum absolute atomic E-state index is 13.6. The van der Waals surface area contributed by atoms with Crippen LogP contribution in [0.25, 0.3) is 0 Å². The summed E-state index contributed by atoms with van der Waals surface area (Å²) in [5, 5.41) is 2.26. The number of carbonyl (C=O) groups excluding carboxylic acids is 1. The third-order valence-corrected chi connectivity index (χ3v) is 2.84. The topological polar surface area (TPSA) is 32.3 Å². The van der Waals surface area contributed by atoms with Crippen molar-refractivity contribution < 1.29 is 18.0 Å². The zero-order valence-electron chi connectivity index (χ0n) is 10.4. The van der Waals surface area contributed by atoms with Gasteiger partial charge in [-0.2, -0.15) is 0 Å². The Labute approximate surface area is 113 Å². The summed E-state index contributed by atoms with van der Waals surface area (Å²) in [6.45, 7) is 6.01. The minimum atomic E-state index is -1.11. The normalized spacial score (nSPS) is 15.2. The average Bonchev–Trinajstić information content (AvgIpc) is 2.40.